The Hall–Kier alpha value is -5.92. The van der Waals surface area contributed by atoms with Crippen molar-refractivity contribution in [2.45, 2.75) is 26.2 Å². The van der Waals surface area contributed by atoms with Crippen LogP contribution in [0.3, 0.4) is 0 Å². The van der Waals surface area contributed by atoms with Crippen LogP contribution in [0.15, 0.2) is 125 Å². The first kappa shape index (κ1) is 37.6. The number of unbranched alkanes of at least 4 members (excludes halogenated alkanes) is 1. The fourth-order valence-corrected chi connectivity index (χ4v) is 9.82. The van der Waals surface area contributed by atoms with Gasteiger partial charge in [0.1, 0.15) is 22.8 Å². The first-order valence-corrected chi connectivity index (χ1v) is 22.5. The zero-order chi connectivity index (χ0) is 39.4. The summed E-state index contributed by atoms with van der Waals surface area (Å²) in [5.74, 6) is -0.236. The number of benzene rings is 3. The van der Waals surface area contributed by atoms with Gasteiger partial charge >= 0.3 is 0 Å². The number of nitrogens with zero attached hydrogens (tertiary/aromatic N) is 4. The number of hydrogen-bond donors (Lipinski definition) is 2. The number of amides is 2. The van der Waals surface area contributed by atoms with Crippen LogP contribution >= 0.6 is 45.3 Å². The highest BCUT2D eigenvalue weighted by Crippen LogP contribution is 2.40. The van der Waals surface area contributed by atoms with Crippen molar-refractivity contribution in [1.82, 2.24) is 30.6 Å². The Morgan fingerprint density at radius 1 is 0.517 bits per heavy atom. The third-order valence-electron chi connectivity index (χ3n) is 9.71. The Balaban J connectivity index is 0.879. The van der Waals surface area contributed by atoms with Gasteiger partial charge < -0.3 is 10.6 Å². The maximum absolute atomic E-state index is 13.3. The molecule has 58 heavy (non-hydrogen) atoms. The van der Waals surface area contributed by atoms with Crippen molar-refractivity contribution in [2.24, 2.45) is 0 Å². The van der Waals surface area contributed by atoms with Crippen molar-refractivity contribution in [2.75, 3.05) is 13.1 Å². The lowest BCUT2D eigenvalue weighted by atomic mass is 10.1. The normalized spacial score (nSPS) is 11.3. The molecule has 0 spiro atoms. The number of nitrogens with one attached hydrogen (secondary N) is 2. The molecule has 0 saturated carbocycles. The maximum atomic E-state index is 13.3. The molecule has 6 aromatic heterocycles. The van der Waals surface area contributed by atoms with Crippen LogP contribution in [-0.4, -0.2) is 44.8 Å². The predicted octanol–water partition coefficient (Wildman–Crippen LogP) is 11.7. The Morgan fingerprint density at radius 3 is 1.50 bits per heavy atom. The number of carbonyl (C=O) groups excluding carboxylic acids is 2. The Kier molecular flexibility index (Phi) is 11.0. The molecule has 0 atom stereocenters. The molecule has 0 aliphatic heterocycles. The van der Waals surface area contributed by atoms with Crippen LogP contribution in [0.4, 0.5) is 0 Å². The standard InChI is InChI=1S/C46H36N6O2S4/c1-2-3-21-47-45(53)30-14-17-33-35(26-30)52-43(39-9-6-25-57-39)44(50-33)40-19-18-36(58-40)29-12-10-28(11-13-29)20-22-48-46(54)31-15-16-32-34(27-31)51-42(38-8-5-24-56-38)41(49-32)37-7-4-23-55-37/h4-19,23-27H,2-3,20-22H2,1H3,(H,47,53)(H,48,54). The highest BCUT2D eigenvalue weighted by atomic mass is 32.1. The molecule has 9 aromatic rings. The van der Waals surface area contributed by atoms with E-state index in [1.54, 1.807) is 45.3 Å². The lowest BCUT2D eigenvalue weighted by molar-refractivity contribution is 0.0945. The van der Waals surface area contributed by atoms with Crippen molar-refractivity contribution >= 4 is 79.2 Å². The van der Waals surface area contributed by atoms with Crippen molar-refractivity contribution in [3.63, 3.8) is 0 Å². The average Bonchev–Trinajstić information content (AvgIpc) is 4.11. The monoisotopic (exact) mass is 832 g/mol. The topological polar surface area (TPSA) is 110 Å². The lowest BCUT2D eigenvalue weighted by Crippen LogP contribution is -2.25. The van der Waals surface area contributed by atoms with Crippen LogP contribution in [0, 0.1) is 0 Å². The number of fused-ring (bicyclic) bond motifs is 2. The molecule has 12 heteroatoms. The number of rotatable bonds is 13. The first-order chi connectivity index (χ1) is 28.5. The average molecular weight is 833 g/mol. The van der Waals surface area contributed by atoms with E-state index >= 15 is 0 Å². The van der Waals surface area contributed by atoms with Crippen molar-refractivity contribution in [1.29, 1.82) is 0 Å². The molecule has 6 heterocycles. The van der Waals surface area contributed by atoms with Crippen LogP contribution < -0.4 is 10.6 Å². The smallest absolute Gasteiger partial charge is 0.251 e. The molecule has 2 N–H and O–H groups in total. The minimum atomic E-state index is -0.140. The molecule has 3 aromatic carbocycles. The molecule has 0 bridgehead atoms. The summed E-state index contributed by atoms with van der Waals surface area (Å²) in [7, 11) is 0. The fourth-order valence-electron chi connectivity index (χ4n) is 6.68. The molecule has 0 aliphatic carbocycles. The van der Waals surface area contributed by atoms with Crippen LogP contribution in [0.5, 0.6) is 0 Å². The number of hydrogen-bond acceptors (Lipinski definition) is 10. The lowest BCUT2D eigenvalue weighted by Gasteiger charge is -2.10. The SMILES string of the molecule is CCCCNC(=O)c1ccc2nc(-c3ccc(-c4ccc(CCNC(=O)c5ccc6nc(-c7cccs7)c(-c7cccs7)nc6c5)cc4)s3)c(-c3cccs3)nc2c1. The van der Waals surface area contributed by atoms with Gasteiger partial charge in [-0.15, -0.1) is 45.3 Å². The number of aromatic nitrogens is 4. The molecule has 0 saturated heterocycles. The van der Waals surface area contributed by atoms with E-state index in [9.17, 15) is 9.59 Å². The molecule has 8 nitrogen and oxygen atoms in total. The van der Waals surface area contributed by atoms with Crippen LogP contribution in [0.2, 0.25) is 0 Å². The highest BCUT2D eigenvalue weighted by molar-refractivity contribution is 7.19. The minimum absolute atomic E-state index is 0.0955. The van der Waals surface area contributed by atoms with Gasteiger partial charge in [0, 0.05) is 29.1 Å². The quantitative estimate of drug-likeness (QED) is 0.112. The van der Waals surface area contributed by atoms with Gasteiger partial charge in [0.25, 0.3) is 11.8 Å². The van der Waals surface area contributed by atoms with Gasteiger partial charge in [0.15, 0.2) is 0 Å². The van der Waals surface area contributed by atoms with Crippen molar-refractivity contribution in [3.05, 3.63) is 142 Å². The van der Waals surface area contributed by atoms with Gasteiger partial charge in [0.2, 0.25) is 0 Å². The Morgan fingerprint density at radius 2 is 1.00 bits per heavy atom. The van der Waals surface area contributed by atoms with Gasteiger partial charge in [-0.25, -0.2) is 19.9 Å². The van der Waals surface area contributed by atoms with E-state index in [4.69, 9.17) is 19.9 Å². The van der Waals surface area contributed by atoms with Gasteiger partial charge in [-0.3, -0.25) is 9.59 Å². The number of carbonyl (C=O) groups is 2. The third kappa shape index (κ3) is 7.96. The molecular weight excluding hydrogens is 797 g/mol. The zero-order valence-electron chi connectivity index (χ0n) is 31.4. The summed E-state index contributed by atoms with van der Waals surface area (Å²) in [5.41, 5.74) is 9.57. The molecule has 0 unspecified atom stereocenters. The predicted molar refractivity (Wildman–Crippen MR) is 241 cm³/mol. The Labute approximate surface area is 351 Å². The molecular formula is C46H36N6O2S4. The minimum Gasteiger partial charge on any atom is -0.352 e. The summed E-state index contributed by atoms with van der Waals surface area (Å²) in [5, 5.41) is 12.2. The van der Waals surface area contributed by atoms with E-state index in [0.29, 0.717) is 41.7 Å². The molecule has 0 aliphatic rings. The van der Waals surface area contributed by atoms with E-state index in [0.717, 1.165) is 82.2 Å². The fraction of sp³-hybridized carbons (Fsp3) is 0.130. The second-order valence-electron chi connectivity index (χ2n) is 13.7. The zero-order valence-corrected chi connectivity index (χ0v) is 34.7. The van der Waals surface area contributed by atoms with Crippen molar-refractivity contribution < 1.29 is 9.59 Å². The summed E-state index contributed by atoms with van der Waals surface area (Å²) in [6, 6.07) is 36.0. The molecule has 9 rings (SSSR count). The molecule has 0 radical (unpaired) electrons. The number of thiophene rings is 4. The van der Waals surface area contributed by atoms with Crippen LogP contribution in [0.1, 0.15) is 46.0 Å². The molecule has 286 valence electrons. The summed E-state index contributed by atoms with van der Waals surface area (Å²) >= 11 is 6.56. The summed E-state index contributed by atoms with van der Waals surface area (Å²) in [6.45, 7) is 3.26. The second kappa shape index (κ2) is 16.9. The van der Waals surface area contributed by atoms with Crippen molar-refractivity contribution in [3.8, 4) is 52.7 Å². The summed E-state index contributed by atoms with van der Waals surface area (Å²) in [4.78, 5) is 51.5. The summed E-state index contributed by atoms with van der Waals surface area (Å²) < 4.78 is 0. The molecule has 2 amide bonds. The van der Waals surface area contributed by atoms with E-state index in [1.807, 2.05) is 70.7 Å². The van der Waals surface area contributed by atoms with E-state index in [-0.39, 0.29) is 11.8 Å². The van der Waals surface area contributed by atoms with E-state index < -0.39 is 0 Å². The van der Waals surface area contributed by atoms with Gasteiger partial charge in [0.05, 0.1) is 41.6 Å². The van der Waals surface area contributed by atoms with E-state index in [1.165, 1.54) is 0 Å². The summed E-state index contributed by atoms with van der Waals surface area (Å²) in [6.07, 6.45) is 2.66. The van der Waals surface area contributed by atoms with Gasteiger partial charge in [-0.1, -0.05) is 55.8 Å². The van der Waals surface area contributed by atoms with Crippen LogP contribution in [-0.2, 0) is 6.42 Å². The second-order valence-corrected chi connectivity index (χ2v) is 17.6. The largest absolute Gasteiger partial charge is 0.352 e. The van der Waals surface area contributed by atoms with E-state index in [2.05, 4.69) is 72.2 Å². The maximum Gasteiger partial charge on any atom is 0.251 e. The molecule has 0 fully saturated rings. The van der Waals surface area contributed by atoms with Gasteiger partial charge in [-0.05, 0) is 107 Å². The third-order valence-corrected chi connectivity index (χ3v) is 13.5. The van der Waals surface area contributed by atoms with Gasteiger partial charge in [-0.2, -0.15) is 0 Å². The Bertz CT molecular complexity index is 2870. The highest BCUT2D eigenvalue weighted by Gasteiger charge is 2.19. The van der Waals surface area contributed by atoms with Crippen LogP contribution in [0.25, 0.3) is 74.8 Å². The first-order valence-electron chi connectivity index (χ1n) is 19.0.